The van der Waals surface area contributed by atoms with Crippen LogP contribution in [0.25, 0.3) is 0 Å². The van der Waals surface area contributed by atoms with Crippen molar-refractivity contribution in [2.24, 2.45) is 5.73 Å². The minimum Gasteiger partial charge on any atom is -0.352 e. The predicted octanol–water partition coefficient (Wildman–Crippen LogP) is 1.40. The molecule has 1 amide bonds. The molecule has 0 radical (unpaired) electrons. The van der Waals surface area contributed by atoms with Gasteiger partial charge in [-0.1, -0.05) is 30.3 Å². The van der Waals surface area contributed by atoms with Gasteiger partial charge in [0.1, 0.15) is 0 Å². The Labute approximate surface area is 112 Å². The molecule has 0 aliphatic heterocycles. The third-order valence-corrected chi connectivity index (χ3v) is 2.90. The molecule has 4 nitrogen and oxygen atoms in total. The lowest BCUT2D eigenvalue weighted by molar-refractivity contribution is -0.120. The van der Waals surface area contributed by atoms with E-state index in [4.69, 9.17) is 5.73 Å². The summed E-state index contributed by atoms with van der Waals surface area (Å²) in [6.45, 7) is 0.987. The van der Waals surface area contributed by atoms with Crippen molar-refractivity contribution < 1.29 is 4.79 Å². The van der Waals surface area contributed by atoms with Crippen LogP contribution in [0.2, 0.25) is 0 Å². The Kier molecular flexibility index (Phi) is 4.64. The average Bonchev–Trinajstić information content (AvgIpc) is 2.46. The standard InChI is InChI=1S/C15H17N3O/c16-9-13-5-1-2-6-14(13)11-18-15(19)8-12-4-3-7-17-10-12/h1-7,10H,8-9,11,16H2,(H,18,19). The Morgan fingerprint density at radius 3 is 2.63 bits per heavy atom. The summed E-state index contributed by atoms with van der Waals surface area (Å²) < 4.78 is 0. The number of hydrogen-bond acceptors (Lipinski definition) is 3. The van der Waals surface area contributed by atoms with Gasteiger partial charge in [-0.2, -0.15) is 0 Å². The van der Waals surface area contributed by atoms with E-state index in [-0.39, 0.29) is 5.91 Å². The van der Waals surface area contributed by atoms with E-state index in [1.807, 2.05) is 36.4 Å². The molecule has 3 N–H and O–H groups in total. The highest BCUT2D eigenvalue weighted by atomic mass is 16.1. The van der Waals surface area contributed by atoms with Crippen LogP contribution in [0.5, 0.6) is 0 Å². The van der Waals surface area contributed by atoms with Gasteiger partial charge in [0.05, 0.1) is 6.42 Å². The second-order valence-electron chi connectivity index (χ2n) is 4.29. The molecule has 0 saturated carbocycles. The Bertz CT molecular complexity index is 540. The first-order chi connectivity index (χ1) is 9.29. The molecule has 0 aliphatic rings. The van der Waals surface area contributed by atoms with Crippen LogP contribution in [0, 0.1) is 0 Å². The Morgan fingerprint density at radius 2 is 1.95 bits per heavy atom. The minimum absolute atomic E-state index is 0.0141. The zero-order valence-corrected chi connectivity index (χ0v) is 10.7. The lowest BCUT2D eigenvalue weighted by Gasteiger charge is -2.09. The molecule has 0 aliphatic carbocycles. The Morgan fingerprint density at radius 1 is 1.16 bits per heavy atom. The topological polar surface area (TPSA) is 68.0 Å². The number of rotatable bonds is 5. The van der Waals surface area contributed by atoms with Gasteiger partial charge in [0.15, 0.2) is 0 Å². The number of carbonyl (C=O) groups excluding carboxylic acids is 1. The third-order valence-electron chi connectivity index (χ3n) is 2.90. The molecule has 0 atom stereocenters. The number of benzene rings is 1. The van der Waals surface area contributed by atoms with E-state index in [0.29, 0.717) is 19.5 Å². The van der Waals surface area contributed by atoms with Crippen molar-refractivity contribution in [3.05, 3.63) is 65.5 Å². The molecule has 0 saturated heterocycles. The van der Waals surface area contributed by atoms with E-state index in [9.17, 15) is 4.79 Å². The van der Waals surface area contributed by atoms with Crippen LogP contribution >= 0.6 is 0 Å². The zero-order chi connectivity index (χ0) is 13.5. The van der Waals surface area contributed by atoms with Crippen LogP contribution in [0.1, 0.15) is 16.7 Å². The summed E-state index contributed by atoms with van der Waals surface area (Å²) in [4.78, 5) is 15.8. The van der Waals surface area contributed by atoms with E-state index in [1.165, 1.54) is 0 Å². The monoisotopic (exact) mass is 255 g/mol. The summed E-state index contributed by atoms with van der Waals surface area (Å²) in [6, 6.07) is 11.6. The molecule has 1 aromatic carbocycles. The lowest BCUT2D eigenvalue weighted by Crippen LogP contribution is -2.25. The van der Waals surface area contributed by atoms with Gasteiger partial charge < -0.3 is 11.1 Å². The molecule has 1 heterocycles. The SMILES string of the molecule is NCc1ccccc1CNC(=O)Cc1cccnc1. The minimum atomic E-state index is -0.0141. The predicted molar refractivity (Wildman–Crippen MR) is 74.1 cm³/mol. The first kappa shape index (κ1) is 13.2. The molecule has 2 aromatic rings. The number of carbonyl (C=O) groups is 1. The second kappa shape index (κ2) is 6.66. The fourth-order valence-electron chi connectivity index (χ4n) is 1.87. The molecular weight excluding hydrogens is 238 g/mol. The molecule has 1 aromatic heterocycles. The summed E-state index contributed by atoms with van der Waals surface area (Å²) >= 11 is 0. The highest BCUT2D eigenvalue weighted by Gasteiger charge is 2.05. The molecule has 0 fully saturated rings. The van der Waals surface area contributed by atoms with Crippen LogP contribution in [0.15, 0.2) is 48.8 Å². The van der Waals surface area contributed by atoms with Crippen molar-refractivity contribution in [3.8, 4) is 0 Å². The number of nitrogens with two attached hydrogens (primary N) is 1. The molecule has 19 heavy (non-hydrogen) atoms. The van der Waals surface area contributed by atoms with Crippen molar-refractivity contribution >= 4 is 5.91 Å². The first-order valence-corrected chi connectivity index (χ1v) is 6.22. The molecule has 4 heteroatoms. The van der Waals surface area contributed by atoms with E-state index in [1.54, 1.807) is 12.4 Å². The molecule has 0 spiro atoms. The molecule has 0 unspecified atom stereocenters. The van der Waals surface area contributed by atoms with Crippen LogP contribution in [0.4, 0.5) is 0 Å². The zero-order valence-electron chi connectivity index (χ0n) is 10.7. The van der Waals surface area contributed by atoms with Gasteiger partial charge in [-0.05, 0) is 22.8 Å². The maximum atomic E-state index is 11.8. The highest BCUT2D eigenvalue weighted by molar-refractivity contribution is 5.78. The fraction of sp³-hybridized carbons (Fsp3) is 0.200. The number of nitrogens with one attached hydrogen (secondary N) is 1. The van der Waals surface area contributed by atoms with Crippen molar-refractivity contribution in [2.45, 2.75) is 19.5 Å². The summed E-state index contributed by atoms with van der Waals surface area (Å²) in [6.07, 6.45) is 3.74. The van der Waals surface area contributed by atoms with E-state index < -0.39 is 0 Å². The smallest absolute Gasteiger partial charge is 0.224 e. The van der Waals surface area contributed by atoms with Crippen LogP contribution < -0.4 is 11.1 Å². The molecule has 98 valence electrons. The van der Waals surface area contributed by atoms with Crippen molar-refractivity contribution in [1.82, 2.24) is 10.3 Å². The lowest BCUT2D eigenvalue weighted by atomic mass is 10.1. The van der Waals surface area contributed by atoms with Gasteiger partial charge in [-0.15, -0.1) is 0 Å². The number of nitrogens with zero attached hydrogens (tertiary/aromatic N) is 1. The van der Waals surface area contributed by atoms with Gasteiger partial charge in [0.25, 0.3) is 0 Å². The van der Waals surface area contributed by atoms with Gasteiger partial charge in [-0.3, -0.25) is 9.78 Å². The average molecular weight is 255 g/mol. The van der Waals surface area contributed by atoms with Crippen molar-refractivity contribution in [1.29, 1.82) is 0 Å². The fourth-order valence-corrected chi connectivity index (χ4v) is 1.87. The van der Waals surface area contributed by atoms with Crippen molar-refractivity contribution in [2.75, 3.05) is 0 Å². The second-order valence-corrected chi connectivity index (χ2v) is 4.29. The summed E-state index contributed by atoms with van der Waals surface area (Å²) in [5, 5.41) is 2.90. The molecule has 0 bridgehead atoms. The van der Waals surface area contributed by atoms with Gasteiger partial charge >= 0.3 is 0 Å². The first-order valence-electron chi connectivity index (χ1n) is 6.22. The number of amides is 1. The molecule has 2 rings (SSSR count). The molecular formula is C15H17N3O. The van der Waals surface area contributed by atoms with Crippen LogP contribution in [0.3, 0.4) is 0 Å². The quantitative estimate of drug-likeness (QED) is 0.848. The third kappa shape index (κ3) is 3.89. The maximum absolute atomic E-state index is 11.8. The van der Waals surface area contributed by atoms with E-state index >= 15 is 0 Å². The largest absolute Gasteiger partial charge is 0.352 e. The normalized spacial score (nSPS) is 10.2. The summed E-state index contributed by atoms with van der Waals surface area (Å²) in [5.74, 6) is -0.0141. The van der Waals surface area contributed by atoms with Gasteiger partial charge in [0.2, 0.25) is 5.91 Å². The number of hydrogen-bond donors (Lipinski definition) is 2. The van der Waals surface area contributed by atoms with Gasteiger partial charge in [0, 0.05) is 25.5 Å². The number of aromatic nitrogens is 1. The Balaban J connectivity index is 1.90. The van der Waals surface area contributed by atoms with Crippen molar-refractivity contribution in [3.63, 3.8) is 0 Å². The Hall–Kier alpha value is -2.20. The van der Waals surface area contributed by atoms with E-state index in [2.05, 4.69) is 10.3 Å². The number of pyridine rings is 1. The maximum Gasteiger partial charge on any atom is 0.224 e. The van der Waals surface area contributed by atoms with Crippen LogP contribution in [-0.4, -0.2) is 10.9 Å². The van der Waals surface area contributed by atoms with Gasteiger partial charge in [-0.25, -0.2) is 0 Å². The van der Waals surface area contributed by atoms with E-state index in [0.717, 1.165) is 16.7 Å². The van der Waals surface area contributed by atoms with Crippen LogP contribution in [-0.2, 0) is 24.3 Å². The highest BCUT2D eigenvalue weighted by Crippen LogP contribution is 2.07. The summed E-state index contributed by atoms with van der Waals surface area (Å²) in [7, 11) is 0. The summed E-state index contributed by atoms with van der Waals surface area (Å²) in [5.41, 5.74) is 8.69.